The lowest BCUT2D eigenvalue weighted by atomic mass is 9.78. The highest BCUT2D eigenvalue weighted by Crippen LogP contribution is 2.55. The van der Waals surface area contributed by atoms with E-state index in [0.717, 1.165) is 13.1 Å². The average molecular weight is 877 g/mol. The van der Waals surface area contributed by atoms with Crippen molar-refractivity contribution in [1.29, 1.82) is 0 Å². The number of anilines is 1. The van der Waals surface area contributed by atoms with Crippen LogP contribution in [0.25, 0.3) is 10.8 Å². The van der Waals surface area contributed by atoms with Gasteiger partial charge in [-0.2, -0.15) is 5.10 Å². The van der Waals surface area contributed by atoms with Crippen LogP contribution in [0.5, 0.6) is 23.0 Å². The molecule has 2 aromatic carbocycles. The summed E-state index contributed by atoms with van der Waals surface area (Å²) in [5, 5.41) is 67.6. The molecule has 63 heavy (non-hydrogen) atoms. The monoisotopic (exact) mass is 876 g/mol. The maximum Gasteiger partial charge on any atom is 0.312 e. The number of carbonyl (C=O) groups is 3. The van der Waals surface area contributed by atoms with Crippen LogP contribution in [0.4, 0.5) is 5.69 Å². The minimum atomic E-state index is -2.04. The lowest BCUT2D eigenvalue weighted by Gasteiger charge is -2.38. The van der Waals surface area contributed by atoms with E-state index in [0.29, 0.717) is 19.1 Å². The van der Waals surface area contributed by atoms with Gasteiger partial charge in [-0.05, 0) is 32.8 Å². The van der Waals surface area contributed by atoms with Crippen molar-refractivity contribution >= 4 is 40.3 Å². The number of rotatable bonds is 5. The van der Waals surface area contributed by atoms with Gasteiger partial charge in [0.15, 0.2) is 5.75 Å². The number of carbonyl (C=O) groups excluding carboxylic acids is 3. The normalized spacial score (nSPS) is 32.4. The van der Waals surface area contributed by atoms with E-state index >= 15 is 0 Å². The Morgan fingerprint density at radius 2 is 1.59 bits per heavy atom. The molecule has 0 unspecified atom stereocenters. The van der Waals surface area contributed by atoms with Crippen molar-refractivity contribution in [2.24, 2.45) is 28.8 Å². The maximum atomic E-state index is 14.5. The third-order valence-electron chi connectivity index (χ3n) is 13.5. The van der Waals surface area contributed by atoms with Gasteiger partial charge >= 0.3 is 11.8 Å². The highest BCUT2D eigenvalue weighted by atomic mass is 16.7. The predicted octanol–water partition coefficient (Wildman–Crippen LogP) is 5.65. The van der Waals surface area contributed by atoms with Crippen molar-refractivity contribution in [2.45, 2.75) is 117 Å². The van der Waals surface area contributed by atoms with E-state index in [-0.39, 0.29) is 44.5 Å². The number of hydrogen-bond donors (Lipinski definition) is 6. The SMILES string of the molecule is CO[C@H]1/C=C\O[C@@]2(C)Oc3c(C)c(O)c4c(O)c(c(/C=N/N5CCN(C6CCCC6)CC5)c(O)c4c3C2=O)NC(=O)/C(C)=C\C=C/[C@H](C)[C@H](O)[C@@H](C)[C@@H](O)[C@@H](C)[C@H](OC(C)=O)[C@H]1C. The molecular formula is C47H64N4O12. The Kier molecular flexibility index (Phi) is 14.5. The van der Waals surface area contributed by atoms with Crippen LogP contribution in [0, 0.1) is 30.6 Å². The first-order chi connectivity index (χ1) is 29.8. The fourth-order valence-electron chi connectivity index (χ4n) is 9.47. The number of ether oxygens (including phenoxy) is 4. The number of esters is 1. The standard InChI is InChI=1S/C47H64N4O12/c1-24-13-12-14-25(2)46(59)49-37-32(23-48-51-20-18-50(19-21-51)31-15-10-11-16-31)41(56)34-35(42(37)57)40(55)29(6)44-36(34)45(58)47(8,63-44)61-22-17-33(60-9)26(3)43(62-30(7)52)28(5)39(54)27(4)38(24)53/h12-14,17,22-24,26-28,31,33,38-39,43,53-57H,10-11,15-16,18-21H2,1-9H3,(H,49,59)/b13-12-,22-17-,25-14-,48-23+/t24-,26-,27+,28+,33-,38-,39+,43+,47-/m0/s1. The summed E-state index contributed by atoms with van der Waals surface area (Å²) in [7, 11) is 1.44. The molecule has 0 radical (unpaired) electrons. The van der Waals surface area contributed by atoms with Gasteiger partial charge < -0.3 is 49.8 Å². The molecule has 16 heteroatoms. The van der Waals surface area contributed by atoms with E-state index in [1.54, 1.807) is 39.8 Å². The number of hydrogen-bond acceptors (Lipinski definition) is 15. The Labute approximate surface area is 368 Å². The summed E-state index contributed by atoms with van der Waals surface area (Å²) < 4.78 is 23.7. The molecule has 6 N–H and O–H groups in total. The summed E-state index contributed by atoms with van der Waals surface area (Å²) >= 11 is 0. The number of aliphatic hydroxyl groups excluding tert-OH is 2. The van der Waals surface area contributed by atoms with E-state index in [2.05, 4.69) is 15.3 Å². The van der Waals surface area contributed by atoms with Gasteiger partial charge in [0.05, 0.1) is 53.0 Å². The number of amides is 1. The molecule has 4 heterocycles. The zero-order valence-corrected chi connectivity index (χ0v) is 37.8. The second-order valence-electron chi connectivity index (χ2n) is 17.8. The summed E-state index contributed by atoms with van der Waals surface area (Å²) in [6, 6.07) is 0.553. The first-order valence-corrected chi connectivity index (χ1v) is 21.9. The van der Waals surface area contributed by atoms with E-state index in [9.17, 15) is 39.9 Å². The molecule has 344 valence electrons. The summed E-state index contributed by atoms with van der Waals surface area (Å²) in [5.74, 6) is -8.28. The predicted molar refractivity (Wildman–Crippen MR) is 237 cm³/mol. The van der Waals surface area contributed by atoms with Gasteiger partial charge in [0.2, 0.25) is 0 Å². The summed E-state index contributed by atoms with van der Waals surface area (Å²) in [4.78, 5) is 43.2. The molecule has 1 amide bonds. The zero-order chi connectivity index (χ0) is 46.1. The van der Waals surface area contributed by atoms with Crippen molar-refractivity contribution in [1.82, 2.24) is 9.91 Å². The third-order valence-corrected chi connectivity index (χ3v) is 13.5. The fraction of sp³-hybridized carbons (Fsp3) is 0.574. The van der Waals surface area contributed by atoms with Gasteiger partial charge in [0.25, 0.3) is 11.7 Å². The number of nitrogens with zero attached hydrogens (tertiary/aromatic N) is 3. The van der Waals surface area contributed by atoms with E-state index in [4.69, 9.17) is 18.9 Å². The first kappa shape index (κ1) is 47.3. The van der Waals surface area contributed by atoms with Crippen LogP contribution in [0.1, 0.15) is 95.6 Å². The van der Waals surface area contributed by atoms with Crippen molar-refractivity contribution < 1.29 is 58.9 Å². The number of phenols is 3. The van der Waals surface area contributed by atoms with E-state index < -0.39 is 88.8 Å². The molecule has 5 bridgehead atoms. The van der Waals surface area contributed by atoms with Crippen LogP contribution >= 0.6 is 0 Å². The van der Waals surface area contributed by atoms with Crippen LogP contribution in [0.3, 0.4) is 0 Å². The minimum Gasteiger partial charge on any atom is -0.507 e. The first-order valence-electron chi connectivity index (χ1n) is 21.9. The van der Waals surface area contributed by atoms with Gasteiger partial charge in [0, 0.05) is 93.4 Å². The molecule has 16 nitrogen and oxygen atoms in total. The molecule has 4 aliphatic heterocycles. The van der Waals surface area contributed by atoms with Crippen molar-refractivity contribution in [3.63, 3.8) is 0 Å². The number of aliphatic hydroxyl groups is 2. The highest BCUT2D eigenvalue weighted by molar-refractivity contribution is 6.23. The molecule has 0 aromatic heterocycles. The Morgan fingerprint density at radius 3 is 2.22 bits per heavy atom. The second kappa shape index (κ2) is 19.3. The number of piperazine rings is 1. The van der Waals surface area contributed by atoms with Crippen molar-refractivity contribution in [3.05, 3.63) is 52.8 Å². The topological polar surface area (TPSA) is 220 Å². The van der Waals surface area contributed by atoms with Gasteiger partial charge in [-0.25, -0.2) is 0 Å². The number of aromatic hydroxyl groups is 3. The molecule has 7 rings (SSSR count). The highest BCUT2D eigenvalue weighted by Gasteiger charge is 2.50. The minimum absolute atomic E-state index is 0.0631. The smallest absolute Gasteiger partial charge is 0.312 e. The average Bonchev–Trinajstić information content (AvgIpc) is 3.89. The number of nitrogens with one attached hydrogen (secondary N) is 1. The van der Waals surface area contributed by atoms with Crippen molar-refractivity contribution in [3.8, 4) is 23.0 Å². The molecule has 2 aromatic rings. The van der Waals surface area contributed by atoms with Crippen LogP contribution < -0.4 is 10.1 Å². The Bertz CT molecular complexity index is 2190. The fourth-order valence-corrected chi connectivity index (χ4v) is 9.47. The van der Waals surface area contributed by atoms with Gasteiger partial charge in [0.1, 0.15) is 23.4 Å². The lowest BCUT2D eigenvalue weighted by molar-refractivity contribution is -0.160. The van der Waals surface area contributed by atoms with Crippen LogP contribution in [-0.4, -0.2) is 129 Å². The van der Waals surface area contributed by atoms with Gasteiger partial charge in [-0.15, -0.1) is 0 Å². The molecule has 1 aliphatic carbocycles. The summed E-state index contributed by atoms with van der Waals surface area (Å²) in [6.45, 7) is 15.4. The van der Waals surface area contributed by atoms with Crippen LogP contribution in [-0.2, 0) is 23.8 Å². The molecule has 9 atom stereocenters. The van der Waals surface area contributed by atoms with Gasteiger partial charge in [-0.3, -0.25) is 24.3 Å². The Hall–Kier alpha value is -5.16. The molecule has 1 saturated carbocycles. The number of benzene rings is 2. The zero-order valence-electron chi connectivity index (χ0n) is 37.8. The number of allylic oxidation sites excluding steroid dienone is 2. The van der Waals surface area contributed by atoms with E-state index in [1.165, 1.54) is 85.1 Å². The molecule has 5 aliphatic rings. The lowest BCUT2D eigenvalue weighted by Crippen LogP contribution is -2.47. The number of hydrazone groups is 1. The molecular weight excluding hydrogens is 813 g/mol. The quantitative estimate of drug-likeness (QED) is 0.0926. The molecule has 1 saturated heterocycles. The van der Waals surface area contributed by atoms with Crippen LogP contribution in [0.2, 0.25) is 0 Å². The maximum absolute atomic E-state index is 14.5. The second-order valence-corrected chi connectivity index (χ2v) is 17.8. The number of methoxy groups -OCH3 is 1. The molecule has 2 fully saturated rings. The molecule has 0 spiro atoms. The van der Waals surface area contributed by atoms with Crippen molar-refractivity contribution in [2.75, 3.05) is 38.6 Å². The number of ketones is 1. The summed E-state index contributed by atoms with van der Waals surface area (Å²) in [6.07, 6.45) is 9.75. The largest absolute Gasteiger partial charge is 0.507 e. The number of fused-ring (bicyclic) bond motifs is 14. The third kappa shape index (κ3) is 9.40. The van der Waals surface area contributed by atoms with Gasteiger partial charge in [-0.1, -0.05) is 58.8 Å². The Morgan fingerprint density at radius 1 is 0.921 bits per heavy atom. The summed E-state index contributed by atoms with van der Waals surface area (Å²) in [5.41, 5.74) is -0.293. The number of Topliss-reactive ketones (excluding diaryl/α,β-unsaturated/α-hetero) is 1. The number of phenolic OH excluding ortho intramolecular Hbond substituents is 3. The van der Waals surface area contributed by atoms with E-state index in [1.807, 2.05) is 5.01 Å². The van der Waals surface area contributed by atoms with Crippen LogP contribution in [0.15, 0.2) is 41.2 Å². The Balaban J connectivity index is 1.47.